The van der Waals surface area contributed by atoms with Crippen LogP contribution in [0.1, 0.15) is 22.3 Å². The number of rotatable bonds is 5. The van der Waals surface area contributed by atoms with Crippen LogP contribution in [0, 0.1) is 0 Å². The Morgan fingerprint density at radius 2 is 2.11 bits per heavy atom. The molecule has 0 spiro atoms. The first-order valence-corrected chi connectivity index (χ1v) is 7.86. The van der Waals surface area contributed by atoms with E-state index in [-0.39, 0.29) is 31.1 Å². The summed E-state index contributed by atoms with van der Waals surface area (Å²) >= 11 is 0. The van der Waals surface area contributed by atoms with Crippen LogP contribution in [0.2, 0.25) is 0 Å². The van der Waals surface area contributed by atoms with Gasteiger partial charge in [0.1, 0.15) is 11.9 Å². The molecule has 3 rings (SSSR count). The number of benzene rings is 1. The first kappa shape index (κ1) is 19.0. The molecule has 1 aliphatic rings. The van der Waals surface area contributed by atoms with E-state index in [1.54, 1.807) is 7.05 Å². The van der Waals surface area contributed by atoms with Crippen molar-refractivity contribution in [1.29, 1.82) is 0 Å². The maximum atomic E-state index is 13.3. The van der Waals surface area contributed by atoms with Gasteiger partial charge in [-0.25, -0.2) is 0 Å². The average molecular weight is 389 g/mol. The summed E-state index contributed by atoms with van der Waals surface area (Å²) in [5.74, 6) is -1.02. The Bertz CT molecular complexity index is 816. The van der Waals surface area contributed by atoms with E-state index in [9.17, 15) is 22.4 Å². The number of carbonyl (C=O) groups excluding carboxylic acids is 1. The van der Waals surface area contributed by atoms with Gasteiger partial charge in [0.2, 0.25) is 5.82 Å². The number of hydrogen-bond acceptors (Lipinski definition) is 6. The lowest BCUT2D eigenvalue weighted by molar-refractivity contribution is -0.253. The highest BCUT2D eigenvalue weighted by atomic mass is 19.3. The first-order valence-electron chi connectivity index (χ1n) is 7.86. The minimum absolute atomic E-state index is 0.0457. The van der Waals surface area contributed by atoms with Crippen LogP contribution in [0.4, 0.5) is 17.6 Å². The molecule has 8 nitrogen and oxygen atoms in total. The van der Waals surface area contributed by atoms with E-state index in [0.717, 1.165) is 6.07 Å². The number of para-hydroxylation sites is 1. The van der Waals surface area contributed by atoms with Gasteiger partial charge in [-0.15, -0.1) is 10.2 Å². The molecule has 1 amide bonds. The van der Waals surface area contributed by atoms with E-state index >= 15 is 0 Å². The van der Waals surface area contributed by atoms with Gasteiger partial charge in [-0.2, -0.15) is 22.4 Å². The lowest BCUT2D eigenvalue weighted by Crippen LogP contribution is -2.43. The molecule has 12 heteroatoms. The van der Waals surface area contributed by atoms with Gasteiger partial charge in [-0.05, 0) is 17.3 Å². The Morgan fingerprint density at radius 3 is 2.78 bits per heavy atom. The zero-order valence-electron chi connectivity index (χ0n) is 14.1. The standard InChI is InChI=1S/C15H15F4N5O3/c1-23-21-12(20-22-23)11-8-24(6-7-26-11)13(25)9-4-2-3-5-10(9)27-15(18,19)14(16)17/h2-5,11,14H,6-8H2,1H3. The third-order valence-electron chi connectivity index (χ3n) is 3.78. The van der Waals surface area contributed by atoms with Crippen molar-refractivity contribution in [2.24, 2.45) is 7.05 Å². The van der Waals surface area contributed by atoms with E-state index in [1.807, 2.05) is 0 Å². The van der Waals surface area contributed by atoms with Crippen molar-refractivity contribution >= 4 is 5.91 Å². The normalized spacial score (nSPS) is 18.0. The second kappa shape index (κ2) is 7.47. The third kappa shape index (κ3) is 4.15. The zero-order chi connectivity index (χ0) is 19.6. The Labute approximate surface area is 150 Å². The predicted octanol–water partition coefficient (Wildman–Crippen LogP) is 1.66. The van der Waals surface area contributed by atoms with Crippen LogP contribution in [0.25, 0.3) is 0 Å². The number of morpholine rings is 1. The van der Waals surface area contributed by atoms with Crippen molar-refractivity contribution in [2.45, 2.75) is 18.6 Å². The second-order valence-electron chi connectivity index (χ2n) is 5.71. The minimum atomic E-state index is -4.71. The van der Waals surface area contributed by atoms with Gasteiger partial charge < -0.3 is 14.4 Å². The number of aromatic nitrogens is 4. The van der Waals surface area contributed by atoms with Crippen LogP contribution in [0.5, 0.6) is 5.75 Å². The lowest BCUT2D eigenvalue weighted by Gasteiger charge is -2.32. The van der Waals surface area contributed by atoms with Crippen molar-refractivity contribution in [3.63, 3.8) is 0 Å². The molecule has 2 heterocycles. The van der Waals surface area contributed by atoms with E-state index in [2.05, 4.69) is 20.1 Å². The van der Waals surface area contributed by atoms with Crippen LogP contribution in [-0.2, 0) is 11.8 Å². The number of aryl methyl sites for hydroxylation is 1. The van der Waals surface area contributed by atoms with Crippen LogP contribution < -0.4 is 4.74 Å². The predicted molar refractivity (Wildman–Crippen MR) is 81.4 cm³/mol. The molecule has 0 bridgehead atoms. The monoisotopic (exact) mass is 389 g/mol. The number of ether oxygens (including phenoxy) is 2. The fourth-order valence-electron chi connectivity index (χ4n) is 2.51. The van der Waals surface area contributed by atoms with Crippen molar-refractivity contribution in [3.8, 4) is 5.75 Å². The van der Waals surface area contributed by atoms with Crippen molar-refractivity contribution < 1.29 is 31.8 Å². The summed E-state index contributed by atoms with van der Waals surface area (Å²) in [7, 11) is 1.57. The lowest BCUT2D eigenvalue weighted by atomic mass is 10.1. The number of tetrazole rings is 1. The molecule has 0 radical (unpaired) electrons. The van der Waals surface area contributed by atoms with E-state index in [1.165, 1.54) is 27.9 Å². The average Bonchev–Trinajstić information content (AvgIpc) is 3.08. The van der Waals surface area contributed by atoms with E-state index in [4.69, 9.17) is 4.74 Å². The van der Waals surface area contributed by atoms with E-state index in [0.29, 0.717) is 0 Å². The molecule has 27 heavy (non-hydrogen) atoms. The van der Waals surface area contributed by atoms with Crippen LogP contribution in [0.3, 0.4) is 0 Å². The van der Waals surface area contributed by atoms with Crippen LogP contribution in [-0.4, -0.2) is 63.2 Å². The van der Waals surface area contributed by atoms with Gasteiger partial charge in [0.05, 0.1) is 25.8 Å². The summed E-state index contributed by atoms with van der Waals surface area (Å²) in [6, 6.07) is 4.98. The molecule has 0 N–H and O–H groups in total. The number of nitrogens with zero attached hydrogens (tertiary/aromatic N) is 5. The topological polar surface area (TPSA) is 82.4 Å². The number of halogens is 4. The Morgan fingerprint density at radius 1 is 1.37 bits per heavy atom. The fraction of sp³-hybridized carbons (Fsp3) is 0.467. The summed E-state index contributed by atoms with van der Waals surface area (Å²) in [4.78, 5) is 15.3. The smallest absolute Gasteiger partial charge is 0.427 e. The summed E-state index contributed by atoms with van der Waals surface area (Å²) in [6.45, 7) is 0.379. The quantitative estimate of drug-likeness (QED) is 0.724. The number of amides is 1. The van der Waals surface area contributed by atoms with Crippen LogP contribution >= 0.6 is 0 Å². The Balaban J connectivity index is 1.79. The van der Waals surface area contributed by atoms with Gasteiger partial charge in [0, 0.05) is 6.54 Å². The summed E-state index contributed by atoms with van der Waals surface area (Å²) in [6.07, 6.45) is -9.39. The highest BCUT2D eigenvalue weighted by Crippen LogP contribution is 2.31. The molecule has 0 saturated carbocycles. The molecule has 0 aliphatic carbocycles. The minimum Gasteiger partial charge on any atom is -0.427 e. The summed E-state index contributed by atoms with van der Waals surface area (Å²) in [5, 5.41) is 11.5. The number of hydrogen-bond donors (Lipinski definition) is 0. The largest absolute Gasteiger partial charge is 0.461 e. The van der Waals surface area contributed by atoms with Gasteiger partial charge in [0.25, 0.3) is 5.91 Å². The fourth-order valence-corrected chi connectivity index (χ4v) is 2.51. The molecule has 1 aliphatic heterocycles. The second-order valence-corrected chi connectivity index (χ2v) is 5.71. The maximum Gasteiger partial charge on any atom is 0.461 e. The van der Waals surface area contributed by atoms with E-state index < -0.39 is 30.3 Å². The molecule has 146 valence electrons. The first-order chi connectivity index (χ1) is 12.8. The number of carbonyl (C=O) groups is 1. The molecule has 1 atom stereocenters. The van der Waals surface area contributed by atoms with Crippen molar-refractivity contribution in [2.75, 3.05) is 19.7 Å². The summed E-state index contributed by atoms with van der Waals surface area (Å²) < 4.78 is 61.0. The Hall–Kier alpha value is -2.76. The molecular weight excluding hydrogens is 374 g/mol. The third-order valence-corrected chi connectivity index (χ3v) is 3.78. The van der Waals surface area contributed by atoms with Gasteiger partial charge in [-0.1, -0.05) is 12.1 Å². The molecule has 2 aromatic rings. The molecule has 1 aromatic carbocycles. The van der Waals surface area contributed by atoms with Crippen molar-refractivity contribution in [3.05, 3.63) is 35.7 Å². The molecule has 1 fully saturated rings. The van der Waals surface area contributed by atoms with Crippen molar-refractivity contribution in [1.82, 2.24) is 25.1 Å². The van der Waals surface area contributed by atoms with Gasteiger partial charge >= 0.3 is 12.5 Å². The highest BCUT2D eigenvalue weighted by Gasteiger charge is 2.44. The molecule has 1 saturated heterocycles. The Kier molecular flexibility index (Phi) is 5.26. The highest BCUT2D eigenvalue weighted by molar-refractivity contribution is 5.97. The number of alkyl halides is 4. The molecular formula is C15H15F4N5O3. The van der Waals surface area contributed by atoms with Crippen LogP contribution in [0.15, 0.2) is 24.3 Å². The zero-order valence-corrected chi connectivity index (χ0v) is 14.1. The molecule has 1 unspecified atom stereocenters. The SMILES string of the molecule is Cn1nnc(C2CN(C(=O)c3ccccc3OC(F)(F)C(F)F)CCO2)n1. The summed E-state index contributed by atoms with van der Waals surface area (Å²) in [5.41, 5.74) is -0.259. The maximum absolute atomic E-state index is 13.3. The van der Waals surface area contributed by atoms with Gasteiger partial charge in [0.15, 0.2) is 0 Å². The molecule has 1 aromatic heterocycles. The van der Waals surface area contributed by atoms with Gasteiger partial charge in [-0.3, -0.25) is 4.79 Å².